The minimum atomic E-state index is 0.176. The van der Waals surface area contributed by atoms with Crippen LogP contribution in [-0.4, -0.2) is 21.1 Å². The fourth-order valence-corrected chi connectivity index (χ4v) is 2.80. The molecule has 1 N–H and O–H groups in total. The van der Waals surface area contributed by atoms with Gasteiger partial charge in [0.1, 0.15) is 10.7 Å². The molecule has 6 heteroatoms. The molecule has 3 aromatic rings. The molecule has 120 valence electrons. The van der Waals surface area contributed by atoms with Crippen molar-refractivity contribution in [2.45, 2.75) is 31.6 Å². The largest absolute Gasteiger partial charge is 0.370 e. The van der Waals surface area contributed by atoms with Gasteiger partial charge in [-0.3, -0.25) is 0 Å². The average molecular weight is 330 g/mol. The molecule has 2 heterocycles. The summed E-state index contributed by atoms with van der Waals surface area (Å²) in [6.07, 6.45) is 3.69. The summed E-state index contributed by atoms with van der Waals surface area (Å²) in [6.45, 7) is 5.04. The Morgan fingerprint density at radius 3 is 2.87 bits per heavy atom. The van der Waals surface area contributed by atoms with Crippen molar-refractivity contribution in [1.29, 1.82) is 0 Å². The number of aromatic nitrogens is 3. The second kappa shape index (κ2) is 7.00. The number of fused-ring (bicyclic) bond motifs is 1. The number of nitrogens with zero attached hydrogens (tertiary/aromatic N) is 3. The van der Waals surface area contributed by atoms with Crippen molar-refractivity contribution in [3.63, 3.8) is 0 Å². The zero-order valence-corrected chi connectivity index (χ0v) is 14.0. The third-order valence-electron chi connectivity index (χ3n) is 3.78. The molecule has 2 aromatic heterocycles. The molecule has 0 aliphatic rings. The molecular weight excluding hydrogens is 311 g/mol. The normalized spacial score (nSPS) is 11.1. The molecule has 0 bridgehead atoms. The van der Waals surface area contributed by atoms with E-state index in [0.29, 0.717) is 10.5 Å². The molecule has 23 heavy (non-hydrogen) atoms. The van der Waals surface area contributed by atoms with E-state index in [2.05, 4.69) is 22.3 Å². The summed E-state index contributed by atoms with van der Waals surface area (Å²) in [5.41, 5.74) is 3.55. The van der Waals surface area contributed by atoms with Crippen LogP contribution in [0.3, 0.4) is 0 Å². The first kappa shape index (κ1) is 15.8. The van der Waals surface area contributed by atoms with Gasteiger partial charge >= 0.3 is 0 Å². The average Bonchev–Trinajstić information content (AvgIpc) is 2.98. The topological polar surface area (TPSA) is 42.2 Å². The Morgan fingerprint density at radius 2 is 2.13 bits per heavy atom. The van der Waals surface area contributed by atoms with E-state index in [4.69, 9.17) is 0 Å². The van der Waals surface area contributed by atoms with E-state index in [1.165, 1.54) is 6.20 Å². The van der Waals surface area contributed by atoms with Crippen LogP contribution in [0.4, 0.5) is 9.70 Å². The third kappa shape index (κ3) is 3.17. The number of rotatable bonds is 6. The van der Waals surface area contributed by atoms with Gasteiger partial charge in [-0.1, -0.05) is 37.6 Å². The van der Waals surface area contributed by atoms with E-state index in [-0.39, 0.29) is 12.1 Å². The van der Waals surface area contributed by atoms with Gasteiger partial charge in [0, 0.05) is 18.2 Å². The Balaban J connectivity index is 2.13. The lowest BCUT2D eigenvalue weighted by Crippen LogP contribution is -2.08. The third-order valence-corrected chi connectivity index (χ3v) is 4.23. The minimum Gasteiger partial charge on any atom is -0.370 e. The highest BCUT2D eigenvalue weighted by molar-refractivity contribution is 7.94. The van der Waals surface area contributed by atoms with E-state index < -0.39 is 0 Å². The van der Waals surface area contributed by atoms with Gasteiger partial charge in [-0.25, -0.2) is 4.98 Å². The van der Waals surface area contributed by atoms with Gasteiger partial charge in [0.25, 0.3) is 0 Å². The summed E-state index contributed by atoms with van der Waals surface area (Å²) in [5.74, 6) is 0.835. The highest BCUT2D eigenvalue weighted by Crippen LogP contribution is 2.29. The Kier molecular flexibility index (Phi) is 4.81. The number of anilines is 1. The number of unbranched alkanes of at least 4 members (excludes halogenated alkanes) is 1. The summed E-state index contributed by atoms with van der Waals surface area (Å²) in [6, 6.07) is 10.0. The SMILES string of the molecule is CCCCNc1cc(-c2ccccc2C)nc2c(SF)cnn12. The number of hydrogen-bond donors (Lipinski definition) is 1. The van der Waals surface area contributed by atoms with E-state index in [9.17, 15) is 3.89 Å². The predicted molar refractivity (Wildman–Crippen MR) is 93.5 cm³/mol. The number of halogens is 1. The van der Waals surface area contributed by atoms with Crippen LogP contribution in [-0.2, 0) is 0 Å². The molecule has 0 fully saturated rings. The van der Waals surface area contributed by atoms with E-state index in [0.717, 1.165) is 42.0 Å². The number of aryl methyl sites for hydroxylation is 1. The van der Waals surface area contributed by atoms with Gasteiger partial charge in [-0.05, 0) is 18.9 Å². The van der Waals surface area contributed by atoms with Gasteiger partial charge in [0.15, 0.2) is 5.65 Å². The van der Waals surface area contributed by atoms with E-state index in [1.807, 2.05) is 37.3 Å². The van der Waals surface area contributed by atoms with Crippen LogP contribution in [0.2, 0.25) is 0 Å². The molecule has 1 aromatic carbocycles. The van der Waals surface area contributed by atoms with Crippen LogP contribution < -0.4 is 5.32 Å². The smallest absolute Gasteiger partial charge is 0.174 e. The standard InChI is InChI=1S/C17H19FN4S/c1-3-4-9-19-16-10-14(13-8-6-5-7-12(13)2)21-17-15(23-18)11-20-22(16)17/h5-8,10-11,19H,3-4,9H2,1-2H3. The molecule has 0 amide bonds. The molecule has 0 unspecified atom stereocenters. The number of benzene rings is 1. The van der Waals surface area contributed by atoms with Gasteiger partial charge in [0.05, 0.1) is 24.0 Å². The zero-order chi connectivity index (χ0) is 16.2. The maximum absolute atomic E-state index is 13.1. The van der Waals surface area contributed by atoms with Crippen molar-refractivity contribution >= 4 is 23.6 Å². The molecule has 0 radical (unpaired) electrons. The van der Waals surface area contributed by atoms with Crippen LogP contribution in [0.5, 0.6) is 0 Å². The Morgan fingerprint density at radius 1 is 1.30 bits per heavy atom. The van der Waals surface area contributed by atoms with Crippen molar-refractivity contribution in [3.8, 4) is 11.3 Å². The molecule has 0 saturated carbocycles. The van der Waals surface area contributed by atoms with Crippen LogP contribution in [0.25, 0.3) is 16.9 Å². The van der Waals surface area contributed by atoms with E-state index >= 15 is 0 Å². The fraction of sp³-hybridized carbons (Fsp3) is 0.294. The molecule has 3 rings (SSSR count). The Labute approximate surface area is 139 Å². The summed E-state index contributed by atoms with van der Waals surface area (Å²) in [5, 5.41) is 7.64. The lowest BCUT2D eigenvalue weighted by molar-refractivity contribution is 0.820. The van der Waals surface area contributed by atoms with Gasteiger partial charge in [-0.2, -0.15) is 13.5 Å². The lowest BCUT2D eigenvalue weighted by Gasteiger charge is -2.11. The highest BCUT2D eigenvalue weighted by atomic mass is 32.2. The quantitative estimate of drug-likeness (QED) is 0.653. The first-order valence-electron chi connectivity index (χ1n) is 7.72. The van der Waals surface area contributed by atoms with Crippen molar-refractivity contribution < 1.29 is 3.89 Å². The number of hydrogen-bond acceptors (Lipinski definition) is 4. The summed E-state index contributed by atoms with van der Waals surface area (Å²) in [4.78, 5) is 5.06. The monoisotopic (exact) mass is 330 g/mol. The first-order valence-corrected chi connectivity index (χ1v) is 8.43. The number of nitrogens with one attached hydrogen (secondary N) is 1. The second-order valence-corrected chi connectivity index (χ2v) is 6.04. The molecular formula is C17H19FN4S. The summed E-state index contributed by atoms with van der Waals surface area (Å²) in [7, 11) is 0. The van der Waals surface area contributed by atoms with Crippen molar-refractivity contribution in [3.05, 3.63) is 42.1 Å². The van der Waals surface area contributed by atoms with Gasteiger partial charge < -0.3 is 5.32 Å². The van der Waals surface area contributed by atoms with Crippen molar-refractivity contribution in [2.24, 2.45) is 0 Å². The van der Waals surface area contributed by atoms with Crippen LogP contribution >= 0.6 is 12.1 Å². The van der Waals surface area contributed by atoms with Gasteiger partial charge in [-0.15, -0.1) is 0 Å². The second-order valence-electron chi connectivity index (χ2n) is 5.44. The van der Waals surface area contributed by atoms with Gasteiger partial charge in [0.2, 0.25) is 0 Å². The molecule has 0 atom stereocenters. The Bertz CT molecular complexity index is 815. The molecule has 4 nitrogen and oxygen atoms in total. The summed E-state index contributed by atoms with van der Waals surface area (Å²) >= 11 is 0.176. The molecule has 0 aliphatic heterocycles. The maximum atomic E-state index is 13.1. The maximum Gasteiger partial charge on any atom is 0.174 e. The summed E-state index contributed by atoms with van der Waals surface area (Å²) < 4.78 is 14.8. The van der Waals surface area contributed by atoms with Crippen molar-refractivity contribution in [1.82, 2.24) is 14.6 Å². The van der Waals surface area contributed by atoms with E-state index in [1.54, 1.807) is 4.52 Å². The lowest BCUT2D eigenvalue weighted by atomic mass is 10.1. The first-order chi connectivity index (χ1) is 11.2. The minimum absolute atomic E-state index is 0.176. The fourth-order valence-electron chi connectivity index (χ4n) is 2.51. The van der Waals surface area contributed by atoms with Crippen LogP contribution in [0.15, 0.2) is 41.4 Å². The van der Waals surface area contributed by atoms with Crippen LogP contribution in [0.1, 0.15) is 25.3 Å². The molecule has 0 spiro atoms. The van der Waals surface area contributed by atoms with Crippen molar-refractivity contribution in [2.75, 3.05) is 11.9 Å². The van der Waals surface area contributed by atoms with Crippen LogP contribution in [0, 0.1) is 6.92 Å². The Hall–Kier alpha value is -2.08. The molecule has 0 aliphatic carbocycles. The zero-order valence-electron chi connectivity index (χ0n) is 13.2. The predicted octanol–water partition coefficient (Wildman–Crippen LogP) is 4.89. The molecule has 0 saturated heterocycles. The highest BCUT2D eigenvalue weighted by Gasteiger charge is 2.14.